The molecule has 1 aromatic carbocycles. The van der Waals surface area contributed by atoms with E-state index in [1.807, 2.05) is 6.92 Å². The fraction of sp³-hybridized carbons (Fsp3) is 0.533. The van der Waals surface area contributed by atoms with Gasteiger partial charge in [0.15, 0.2) is 5.60 Å². The summed E-state index contributed by atoms with van der Waals surface area (Å²) in [6.45, 7) is 5.56. The van der Waals surface area contributed by atoms with E-state index in [4.69, 9.17) is 4.74 Å². The third kappa shape index (κ3) is 5.17. The molecule has 0 spiro atoms. The molecule has 5 heteroatoms. The van der Waals surface area contributed by atoms with E-state index in [-0.39, 0.29) is 11.7 Å². The van der Waals surface area contributed by atoms with Gasteiger partial charge in [-0.2, -0.15) is 0 Å². The van der Waals surface area contributed by atoms with Crippen LogP contribution in [0.4, 0.5) is 4.39 Å². The number of hydrogen-bond acceptors (Lipinski definition) is 3. The van der Waals surface area contributed by atoms with E-state index in [9.17, 15) is 14.3 Å². The number of benzene rings is 1. The SMILES string of the molecule is CCC(O)CCNC(=O)C(C)(C)Oc1ccc(F)cc1. The molecule has 1 atom stereocenters. The lowest BCUT2D eigenvalue weighted by molar-refractivity contribution is -0.134. The number of aliphatic hydroxyl groups excluding tert-OH is 1. The Morgan fingerprint density at radius 2 is 2.00 bits per heavy atom. The minimum atomic E-state index is -1.06. The van der Waals surface area contributed by atoms with Gasteiger partial charge in [-0.3, -0.25) is 4.79 Å². The van der Waals surface area contributed by atoms with Gasteiger partial charge in [0.1, 0.15) is 11.6 Å². The lowest BCUT2D eigenvalue weighted by Crippen LogP contribution is -2.47. The normalized spacial score (nSPS) is 12.8. The van der Waals surface area contributed by atoms with E-state index >= 15 is 0 Å². The highest BCUT2D eigenvalue weighted by Crippen LogP contribution is 2.18. The molecule has 0 heterocycles. The highest BCUT2D eigenvalue weighted by molar-refractivity contribution is 5.84. The molecule has 0 bridgehead atoms. The van der Waals surface area contributed by atoms with Crippen molar-refractivity contribution in [2.45, 2.75) is 45.3 Å². The number of nitrogens with one attached hydrogen (secondary N) is 1. The van der Waals surface area contributed by atoms with Gasteiger partial charge in [0.2, 0.25) is 0 Å². The largest absolute Gasteiger partial charge is 0.478 e. The van der Waals surface area contributed by atoms with Crippen LogP contribution in [0.5, 0.6) is 5.75 Å². The minimum Gasteiger partial charge on any atom is -0.478 e. The van der Waals surface area contributed by atoms with Gasteiger partial charge < -0.3 is 15.2 Å². The molecule has 0 aliphatic rings. The van der Waals surface area contributed by atoms with Crippen molar-refractivity contribution >= 4 is 5.91 Å². The monoisotopic (exact) mass is 283 g/mol. The summed E-state index contributed by atoms with van der Waals surface area (Å²) in [5.74, 6) is -0.196. The second kappa shape index (κ2) is 7.24. The second-order valence-electron chi connectivity index (χ2n) is 5.17. The molecule has 0 aliphatic heterocycles. The van der Waals surface area contributed by atoms with E-state index in [0.717, 1.165) is 0 Å². The van der Waals surface area contributed by atoms with Crippen LogP contribution in [-0.4, -0.2) is 29.3 Å². The molecule has 1 amide bonds. The molecule has 4 nitrogen and oxygen atoms in total. The molecule has 0 saturated carbocycles. The maximum atomic E-state index is 12.8. The first-order valence-electron chi connectivity index (χ1n) is 6.76. The summed E-state index contributed by atoms with van der Waals surface area (Å²) in [7, 11) is 0. The summed E-state index contributed by atoms with van der Waals surface area (Å²) < 4.78 is 18.4. The van der Waals surface area contributed by atoms with E-state index in [2.05, 4.69) is 5.32 Å². The van der Waals surface area contributed by atoms with Crippen LogP contribution in [0.15, 0.2) is 24.3 Å². The fourth-order valence-electron chi connectivity index (χ4n) is 1.61. The van der Waals surface area contributed by atoms with Crippen LogP contribution in [0.2, 0.25) is 0 Å². The van der Waals surface area contributed by atoms with E-state index in [1.165, 1.54) is 24.3 Å². The Hall–Kier alpha value is -1.62. The van der Waals surface area contributed by atoms with Gasteiger partial charge in [-0.15, -0.1) is 0 Å². The van der Waals surface area contributed by atoms with Crippen LogP contribution in [-0.2, 0) is 4.79 Å². The van der Waals surface area contributed by atoms with Crippen LogP contribution in [0, 0.1) is 5.82 Å². The standard InChI is InChI=1S/C15H22FNO3/c1-4-12(18)9-10-17-14(19)15(2,3)20-13-7-5-11(16)6-8-13/h5-8,12,18H,4,9-10H2,1-3H3,(H,17,19). The first kappa shape index (κ1) is 16.4. The van der Waals surface area contributed by atoms with Crippen LogP contribution in [0.3, 0.4) is 0 Å². The van der Waals surface area contributed by atoms with Crippen LogP contribution >= 0.6 is 0 Å². The van der Waals surface area contributed by atoms with Gasteiger partial charge in [-0.05, 0) is 51.0 Å². The number of amides is 1. The zero-order valence-corrected chi connectivity index (χ0v) is 12.1. The number of rotatable bonds is 7. The van der Waals surface area contributed by atoms with Gasteiger partial charge in [0.25, 0.3) is 5.91 Å². The average molecular weight is 283 g/mol. The van der Waals surface area contributed by atoms with E-state index in [1.54, 1.807) is 13.8 Å². The summed E-state index contributed by atoms with van der Waals surface area (Å²) in [4.78, 5) is 12.0. The molecule has 0 radical (unpaired) electrons. The molecule has 0 aliphatic carbocycles. The quantitative estimate of drug-likeness (QED) is 0.807. The summed E-state index contributed by atoms with van der Waals surface area (Å²) in [6.07, 6.45) is 0.761. The zero-order chi connectivity index (χ0) is 15.2. The highest BCUT2D eigenvalue weighted by atomic mass is 19.1. The Kier molecular flexibility index (Phi) is 5.95. The first-order chi connectivity index (χ1) is 9.35. The topological polar surface area (TPSA) is 58.6 Å². The molecule has 0 aromatic heterocycles. The number of aliphatic hydroxyl groups is 1. The predicted octanol–water partition coefficient (Wildman–Crippen LogP) is 2.26. The third-order valence-electron chi connectivity index (χ3n) is 2.97. The first-order valence-corrected chi connectivity index (χ1v) is 6.76. The van der Waals surface area contributed by atoms with Crippen LogP contribution in [0.1, 0.15) is 33.6 Å². The van der Waals surface area contributed by atoms with Crippen molar-refractivity contribution in [3.63, 3.8) is 0 Å². The minimum absolute atomic E-state index is 0.273. The van der Waals surface area contributed by atoms with E-state index in [0.29, 0.717) is 25.1 Å². The Morgan fingerprint density at radius 3 is 2.55 bits per heavy atom. The summed E-state index contributed by atoms with van der Waals surface area (Å²) >= 11 is 0. The van der Waals surface area contributed by atoms with Gasteiger partial charge in [0.05, 0.1) is 6.10 Å². The maximum Gasteiger partial charge on any atom is 0.263 e. The van der Waals surface area contributed by atoms with E-state index < -0.39 is 11.7 Å². The molecule has 1 unspecified atom stereocenters. The van der Waals surface area contributed by atoms with Gasteiger partial charge in [0, 0.05) is 6.54 Å². The molecule has 1 aromatic rings. The molecular weight excluding hydrogens is 261 g/mol. The highest BCUT2D eigenvalue weighted by Gasteiger charge is 2.29. The van der Waals surface area contributed by atoms with Crippen molar-refractivity contribution in [3.05, 3.63) is 30.1 Å². The van der Waals surface area contributed by atoms with Crippen molar-refractivity contribution in [1.82, 2.24) is 5.32 Å². The molecule has 1 rings (SSSR count). The number of ether oxygens (including phenoxy) is 1. The summed E-state index contributed by atoms with van der Waals surface area (Å²) in [5.41, 5.74) is -1.06. The smallest absolute Gasteiger partial charge is 0.263 e. The lowest BCUT2D eigenvalue weighted by atomic mass is 10.1. The van der Waals surface area contributed by atoms with Crippen LogP contribution in [0.25, 0.3) is 0 Å². The van der Waals surface area contributed by atoms with Crippen molar-refractivity contribution in [3.8, 4) is 5.75 Å². The average Bonchev–Trinajstić information content (AvgIpc) is 2.40. The van der Waals surface area contributed by atoms with Crippen molar-refractivity contribution in [1.29, 1.82) is 0 Å². The molecule has 20 heavy (non-hydrogen) atoms. The Bertz CT molecular complexity index is 431. The molecule has 2 N–H and O–H groups in total. The van der Waals surface area contributed by atoms with Gasteiger partial charge in [-0.1, -0.05) is 6.92 Å². The zero-order valence-electron chi connectivity index (χ0n) is 12.1. The summed E-state index contributed by atoms with van der Waals surface area (Å²) in [5, 5.41) is 12.1. The van der Waals surface area contributed by atoms with Crippen molar-refractivity contribution in [2.75, 3.05) is 6.54 Å². The molecule has 0 saturated heterocycles. The number of halogens is 1. The predicted molar refractivity (Wildman–Crippen MR) is 75.0 cm³/mol. The third-order valence-corrected chi connectivity index (χ3v) is 2.97. The Labute approximate surface area is 119 Å². The van der Waals surface area contributed by atoms with Gasteiger partial charge >= 0.3 is 0 Å². The van der Waals surface area contributed by atoms with Crippen LogP contribution < -0.4 is 10.1 Å². The second-order valence-corrected chi connectivity index (χ2v) is 5.17. The van der Waals surface area contributed by atoms with Crippen molar-refractivity contribution in [2.24, 2.45) is 0 Å². The Balaban J connectivity index is 2.50. The summed E-state index contributed by atoms with van der Waals surface area (Å²) in [6, 6.07) is 5.51. The van der Waals surface area contributed by atoms with Gasteiger partial charge in [-0.25, -0.2) is 4.39 Å². The lowest BCUT2D eigenvalue weighted by Gasteiger charge is -2.25. The maximum absolute atomic E-state index is 12.8. The van der Waals surface area contributed by atoms with Crippen molar-refractivity contribution < 1.29 is 19.0 Å². The Morgan fingerprint density at radius 1 is 1.40 bits per heavy atom. The number of carbonyl (C=O) groups excluding carboxylic acids is 1. The fourth-order valence-corrected chi connectivity index (χ4v) is 1.61. The molecule has 0 fully saturated rings. The number of carbonyl (C=O) groups is 1. The molecular formula is C15H22FNO3. The number of hydrogen-bond donors (Lipinski definition) is 2. The molecule has 112 valence electrons.